The normalized spacial score (nSPS) is 21.9. The minimum absolute atomic E-state index is 0.132. The van der Waals surface area contributed by atoms with Crippen LogP contribution in [0.1, 0.15) is 30.0 Å². The van der Waals surface area contributed by atoms with E-state index in [9.17, 15) is 9.59 Å². The number of carboxylic acid groups (broad SMARTS) is 1. The van der Waals surface area contributed by atoms with Crippen molar-refractivity contribution < 1.29 is 19.4 Å². The first kappa shape index (κ1) is 14.5. The molecule has 2 N–H and O–H groups in total. The number of hydrogen-bond acceptors (Lipinski definition) is 4. The Hall–Kier alpha value is -1.89. The molecule has 1 aromatic heterocycles. The third-order valence-electron chi connectivity index (χ3n) is 3.44. The maximum absolute atomic E-state index is 12.3. The highest BCUT2D eigenvalue weighted by atomic mass is 16.5. The predicted molar refractivity (Wildman–Crippen MR) is 70.5 cm³/mol. The number of aromatic nitrogens is 2. The fraction of sp³-hybridized carbons (Fsp3) is 0.615. The average Bonchev–Trinajstić information content (AvgIpc) is 3.03. The monoisotopic (exact) mass is 281 g/mol. The van der Waals surface area contributed by atoms with Crippen LogP contribution in [0.5, 0.6) is 0 Å². The van der Waals surface area contributed by atoms with Gasteiger partial charge in [0.1, 0.15) is 11.6 Å². The minimum atomic E-state index is -0.953. The van der Waals surface area contributed by atoms with Gasteiger partial charge in [-0.3, -0.25) is 14.3 Å². The second kappa shape index (κ2) is 6.04. The highest BCUT2D eigenvalue weighted by Crippen LogP contribution is 2.15. The molecule has 0 aromatic carbocycles. The maximum Gasteiger partial charge on any atom is 0.311 e. The zero-order valence-corrected chi connectivity index (χ0v) is 11.6. The second-order valence-electron chi connectivity index (χ2n) is 4.75. The van der Waals surface area contributed by atoms with E-state index in [0.717, 1.165) is 12.1 Å². The van der Waals surface area contributed by atoms with Crippen molar-refractivity contribution in [2.24, 2.45) is 5.92 Å². The predicted octanol–water partition coefficient (Wildman–Crippen LogP) is 0.295. The number of hydrogen-bond donors (Lipinski definition) is 2. The van der Waals surface area contributed by atoms with Gasteiger partial charge in [-0.2, -0.15) is 5.10 Å². The number of aliphatic carboxylic acids is 1. The Balaban J connectivity index is 2.11. The van der Waals surface area contributed by atoms with Crippen LogP contribution in [0.25, 0.3) is 0 Å². The molecule has 1 aromatic rings. The lowest BCUT2D eigenvalue weighted by molar-refractivity contribution is -0.142. The van der Waals surface area contributed by atoms with Crippen molar-refractivity contribution in [1.82, 2.24) is 15.1 Å². The Kier molecular flexibility index (Phi) is 4.39. The lowest BCUT2D eigenvalue weighted by Gasteiger charge is -2.15. The fourth-order valence-corrected chi connectivity index (χ4v) is 2.25. The van der Waals surface area contributed by atoms with Crippen molar-refractivity contribution >= 4 is 11.9 Å². The van der Waals surface area contributed by atoms with Crippen molar-refractivity contribution in [2.45, 2.75) is 32.9 Å². The third kappa shape index (κ3) is 2.82. The number of carbonyl (C=O) groups is 2. The smallest absolute Gasteiger partial charge is 0.311 e. The number of aryl methyl sites for hydroxylation is 2. The van der Waals surface area contributed by atoms with Gasteiger partial charge in [-0.25, -0.2) is 0 Å². The first-order valence-electron chi connectivity index (χ1n) is 6.74. The highest BCUT2D eigenvalue weighted by molar-refractivity contribution is 5.93. The van der Waals surface area contributed by atoms with Crippen LogP contribution in [-0.2, 0) is 22.5 Å². The van der Waals surface area contributed by atoms with E-state index < -0.39 is 17.9 Å². The van der Waals surface area contributed by atoms with E-state index in [4.69, 9.17) is 9.84 Å². The number of amides is 1. The molecule has 20 heavy (non-hydrogen) atoms. The summed E-state index contributed by atoms with van der Waals surface area (Å²) in [6.45, 7) is 4.82. The summed E-state index contributed by atoms with van der Waals surface area (Å²) >= 11 is 0. The zero-order chi connectivity index (χ0) is 14.7. The molecule has 110 valence electrons. The summed E-state index contributed by atoms with van der Waals surface area (Å²) in [5.74, 6) is -1.95. The van der Waals surface area contributed by atoms with Crippen LogP contribution in [-0.4, -0.2) is 46.0 Å². The van der Waals surface area contributed by atoms with Crippen LogP contribution >= 0.6 is 0 Å². The molecular formula is C13H19N3O4. The van der Waals surface area contributed by atoms with Crippen LogP contribution in [0.15, 0.2) is 6.07 Å². The Morgan fingerprint density at radius 3 is 2.85 bits per heavy atom. The molecule has 0 saturated carbocycles. The number of nitrogens with zero attached hydrogens (tertiary/aromatic N) is 2. The molecule has 7 heteroatoms. The lowest BCUT2D eigenvalue weighted by atomic mass is 10.0. The molecule has 1 aliphatic rings. The van der Waals surface area contributed by atoms with Gasteiger partial charge in [-0.05, 0) is 19.4 Å². The van der Waals surface area contributed by atoms with E-state index in [-0.39, 0.29) is 19.1 Å². The second-order valence-corrected chi connectivity index (χ2v) is 4.75. The van der Waals surface area contributed by atoms with Gasteiger partial charge < -0.3 is 15.2 Å². The number of carbonyl (C=O) groups excluding carboxylic acids is 1. The fourth-order valence-electron chi connectivity index (χ4n) is 2.25. The van der Waals surface area contributed by atoms with Gasteiger partial charge in [0.05, 0.1) is 24.9 Å². The summed E-state index contributed by atoms with van der Waals surface area (Å²) in [6, 6.07) is 1.25. The van der Waals surface area contributed by atoms with E-state index >= 15 is 0 Å². The molecule has 1 amide bonds. The van der Waals surface area contributed by atoms with Crippen LogP contribution in [0.3, 0.4) is 0 Å². The highest BCUT2D eigenvalue weighted by Gasteiger charge is 2.35. The van der Waals surface area contributed by atoms with E-state index in [1.54, 1.807) is 10.7 Å². The molecule has 2 unspecified atom stereocenters. The topological polar surface area (TPSA) is 93.5 Å². The molecule has 0 radical (unpaired) electrons. The standard InChI is InChI=1S/C13H19N3O4/c1-3-8-5-11(16(4-2)15-8)12(17)14-10-7-20-6-9(10)13(18)19/h5,9-10H,3-4,6-7H2,1-2H3,(H,14,17)(H,18,19). The van der Waals surface area contributed by atoms with Crippen LogP contribution in [0.2, 0.25) is 0 Å². The minimum Gasteiger partial charge on any atom is -0.481 e. The van der Waals surface area contributed by atoms with Gasteiger partial charge in [0.25, 0.3) is 5.91 Å². The van der Waals surface area contributed by atoms with Gasteiger partial charge in [0.2, 0.25) is 0 Å². The van der Waals surface area contributed by atoms with Crippen molar-refractivity contribution in [3.8, 4) is 0 Å². The molecule has 7 nitrogen and oxygen atoms in total. The van der Waals surface area contributed by atoms with E-state index in [1.807, 2.05) is 13.8 Å². The van der Waals surface area contributed by atoms with Gasteiger partial charge in [0.15, 0.2) is 0 Å². The molecule has 0 bridgehead atoms. The zero-order valence-electron chi connectivity index (χ0n) is 11.6. The Bertz CT molecular complexity index is 512. The molecule has 0 aliphatic carbocycles. The summed E-state index contributed by atoms with van der Waals surface area (Å²) in [5, 5.41) is 16.1. The number of ether oxygens (including phenoxy) is 1. The summed E-state index contributed by atoms with van der Waals surface area (Å²) in [4.78, 5) is 23.3. The summed E-state index contributed by atoms with van der Waals surface area (Å²) < 4.78 is 6.76. The summed E-state index contributed by atoms with van der Waals surface area (Å²) in [5.41, 5.74) is 1.30. The summed E-state index contributed by atoms with van der Waals surface area (Å²) in [7, 11) is 0. The quantitative estimate of drug-likeness (QED) is 0.809. The van der Waals surface area contributed by atoms with Gasteiger partial charge in [0, 0.05) is 6.54 Å². The molecule has 1 fully saturated rings. The number of carboxylic acids is 1. The Labute approximate surface area is 116 Å². The number of rotatable bonds is 5. The average molecular weight is 281 g/mol. The lowest BCUT2D eigenvalue weighted by Crippen LogP contribution is -2.43. The van der Waals surface area contributed by atoms with Crippen LogP contribution in [0, 0.1) is 5.92 Å². The molecule has 1 saturated heterocycles. The van der Waals surface area contributed by atoms with Crippen molar-refractivity contribution in [1.29, 1.82) is 0 Å². The van der Waals surface area contributed by atoms with E-state index in [0.29, 0.717) is 12.2 Å². The maximum atomic E-state index is 12.3. The molecular weight excluding hydrogens is 262 g/mol. The Morgan fingerprint density at radius 2 is 2.25 bits per heavy atom. The van der Waals surface area contributed by atoms with Gasteiger partial charge in [-0.15, -0.1) is 0 Å². The van der Waals surface area contributed by atoms with Gasteiger partial charge in [-0.1, -0.05) is 6.92 Å². The third-order valence-corrected chi connectivity index (χ3v) is 3.44. The van der Waals surface area contributed by atoms with Crippen molar-refractivity contribution in [3.05, 3.63) is 17.5 Å². The van der Waals surface area contributed by atoms with E-state index in [1.165, 1.54) is 0 Å². The van der Waals surface area contributed by atoms with E-state index in [2.05, 4.69) is 10.4 Å². The number of nitrogens with one attached hydrogen (secondary N) is 1. The summed E-state index contributed by atoms with van der Waals surface area (Å²) in [6.07, 6.45) is 0.748. The largest absolute Gasteiger partial charge is 0.481 e. The first-order chi connectivity index (χ1) is 9.56. The van der Waals surface area contributed by atoms with Gasteiger partial charge >= 0.3 is 5.97 Å². The molecule has 2 rings (SSSR count). The van der Waals surface area contributed by atoms with Crippen LogP contribution < -0.4 is 5.32 Å². The molecule has 2 heterocycles. The van der Waals surface area contributed by atoms with Crippen LogP contribution in [0.4, 0.5) is 0 Å². The SMILES string of the molecule is CCc1cc(C(=O)NC2COCC2C(=O)O)n(CC)n1. The Morgan fingerprint density at radius 1 is 1.50 bits per heavy atom. The molecule has 0 spiro atoms. The molecule has 2 atom stereocenters. The van der Waals surface area contributed by atoms with Crippen molar-refractivity contribution in [2.75, 3.05) is 13.2 Å². The molecule has 1 aliphatic heterocycles. The van der Waals surface area contributed by atoms with Crippen molar-refractivity contribution in [3.63, 3.8) is 0 Å². The first-order valence-corrected chi connectivity index (χ1v) is 6.74.